The van der Waals surface area contributed by atoms with Gasteiger partial charge in [0.2, 0.25) is 0 Å². The number of carbonyl (C=O) groups is 1. The summed E-state index contributed by atoms with van der Waals surface area (Å²) in [4.78, 5) is 21.7. The number of likely N-dealkylation sites (tertiary alicyclic amines) is 2. The molecule has 0 radical (unpaired) electrons. The van der Waals surface area contributed by atoms with Gasteiger partial charge in [0, 0.05) is 113 Å². The Kier molecular flexibility index (Phi) is 21.9. The third kappa shape index (κ3) is 15.8. The molecule has 0 bridgehead atoms. The molecule has 17 heteroatoms. The molecule has 0 amide bonds. The summed E-state index contributed by atoms with van der Waals surface area (Å²) in [5.74, 6) is 2.27. The number of hydrogen-bond acceptors (Lipinski definition) is 12. The van der Waals surface area contributed by atoms with Crippen molar-refractivity contribution in [3.8, 4) is 46.7 Å². The lowest BCUT2D eigenvalue weighted by Crippen LogP contribution is -2.49. The number of carbonyl (C=O) groups excluding carboxylic acids is 1. The molecule has 4 aliphatic rings. The standard InChI is InChI=1S/C27H28F2N4O4.C7H12N2O.C5H10O.C3H4BrN.ClH/c1-35-23-10-19(11-24(37-27(28)29)26(23)22(34)9-17-3-4-17)21-13-31-25-12-20(5-8-33(21)25)36-16-18-14-32(15-18)7-2-6-30;8-2-1-3-9-4-7(5-9)6-10;6-4-5-2-1-3-5;4-2-1-3-5;/h5,8,10-13,17-18,27H,2-4,7,9,14-16H2,1H3;7,10H,1,3-6H2;5-6H,1-4H2;1-2H2;1H. The van der Waals surface area contributed by atoms with Crippen LogP contribution in [0.5, 0.6) is 17.2 Å². The normalized spacial score (nSPS) is 16.3. The summed E-state index contributed by atoms with van der Waals surface area (Å²) in [7, 11) is 1.40. The fourth-order valence-corrected chi connectivity index (χ4v) is 6.78. The van der Waals surface area contributed by atoms with Crippen molar-refractivity contribution in [2.45, 2.75) is 64.4 Å². The number of aromatic nitrogens is 2. The number of ether oxygens (including phenoxy) is 3. The van der Waals surface area contributed by atoms with E-state index in [0.717, 1.165) is 57.4 Å². The maximum atomic E-state index is 13.3. The van der Waals surface area contributed by atoms with E-state index in [4.69, 9.17) is 40.2 Å². The predicted octanol–water partition coefficient (Wildman–Crippen LogP) is 7.14. The Morgan fingerprint density at radius 3 is 1.98 bits per heavy atom. The van der Waals surface area contributed by atoms with Crippen LogP contribution in [0.4, 0.5) is 8.78 Å². The first-order chi connectivity index (χ1) is 28.2. The van der Waals surface area contributed by atoms with E-state index in [9.17, 15) is 13.6 Å². The smallest absolute Gasteiger partial charge is 0.387 e. The number of ketones is 1. The number of rotatable bonds is 17. The molecular weight excluding hydrogens is 852 g/mol. The highest BCUT2D eigenvalue weighted by Gasteiger charge is 2.30. The zero-order valence-corrected chi connectivity index (χ0v) is 35.9. The van der Waals surface area contributed by atoms with E-state index in [1.807, 2.05) is 22.6 Å². The van der Waals surface area contributed by atoms with Gasteiger partial charge in [-0.2, -0.15) is 24.6 Å². The van der Waals surface area contributed by atoms with E-state index in [-0.39, 0.29) is 41.7 Å². The molecule has 322 valence electrons. The molecule has 59 heavy (non-hydrogen) atoms. The Morgan fingerprint density at radius 2 is 1.51 bits per heavy atom. The maximum Gasteiger partial charge on any atom is 0.387 e. The molecule has 0 spiro atoms. The van der Waals surface area contributed by atoms with Crippen LogP contribution < -0.4 is 14.2 Å². The SMILES string of the molecule is COc1cc(-c2cnc3cc(OCC4CN(CCC#N)C4)ccn23)cc(OC(F)F)c1C(=O)CC1CC1.Cl.N#CCCBr.N#CCCN1CC(CO)C1.OCC1CCC1. The highest BCUT2D eigenvalue weighted by Crippen LogP contribution is 2.40. The summed E-state index contributed by atoms with van der Waals surface area (Å²) in [6.45, 7) is 3.65. The van der Waals surface area contributed by atoms with Crippen LogP contribution in [0, 0.1) is 57.7 Å². The van der Waals surface area contributed by atoms with Crippen LogP contribution in [-0.4, -0.2) is 113 Å². The maximum absolute atomic E-state index is 13.3. The fraction of sp³-hybridized carbons (Fsp3) is 0.595. The molecule has 2 saturated carbocycles. The molecule has 3 aromatic rings. The van der Waals surface area contributed by atoms with Crippen LogP contribution in [-0.2, 0) is 0 Å². The molecule has 2 N–H and O–H groups in total. The van der Waals surface area contributed by atoms with Crippen molar-refractivity contribution in [3.05, 3.63) is 42.2 Å². The molecule has 13 nitrogen and oxygen atoms in total. The fourth-order valence-electron chi connectivity index (χ4n) is 6.60. The second kappa shape index (κ2) is 26.2. The predicted molar refractivity (Wildman–Crippen MR) is 224 cm³/mol. The lowest BCUT2D eigenvalue weighted by Gasteiger charge is -2.38. The van der Waals surface area contributed by atoms with E-state index in [1.165, 1.54) is 32.4 Å². The summed E-state index contributed by atoms with van der Waals surface area (Å²) in [6, 6.07) is 13.0. The van der Waals surface area contributed by atoms with Crippen molar-refractivity contribution in [1.29, 1.82) is 15.8 Å². The van der Waals surface area contributed by atoms with Crippen molar-refractivity contribution in [1.82, 2.24) is 19.2 Å². The van der Waals surface area contributed by atoms with Gasteiger partial charge in [-0.3, -0.25) is 9.20 Å². The van der Waals surface area contributed by atoms with E-state index < -0.39 is 6.61 Å². The Labute approximate surface area is 360 Å². The number of fused-ring (bicyclic) bond motifs is 1. The summed E-state index contributed by atoms with van der Waals surface area (Å²) in [5, 5.41) is 42.5. The van der Waals surface area contributed by atoms with E-state index >= 15 is 0 Å². The second-order valence-corrected chi connectivity index (χ2v) is 15.7. The number of benzene rings is 1. The monoisotopic (exact) mass is 905 g/mol. The van der Waals surface area contributed by atoms with Gasteiger partial charge in [-0.25, -0.2) is 4.98 Å². The van der Waals surface area contributed by atoms with Gasteiger partial charge in [0.1, 0.15) is 28.5 Å². The highest BCUT2D eigenvalue weighted by molar-refractivity contribution is 9.09. The molecule has 1 aromatic carbocycles. The number of nitrogens with zero attached hydrogens (tertiary/aromatic N) is 7. The second-order valence-electron chi connectivity index (χ2n) is 14.9. The van der Waals surface area contributed by atoms with Gasteiger partial charge in [-0.05, 0) is 55.7 Å². The van der Waals surface area contributed by atoms with Crippen molar-refractivity contribution >= 4 is 39.8 Å². The number of imidazole rings is 1. The first-order valence-corrected chi connectivity index (χ1v) is 20.9. The summed E-state index contributed by atoms with van der Waals surface area (Å²) in [6.07, 6.45) is 11.3. The number of aliphatic hydroxyl groups is 2. The average molecular weight is 907 g/mol. The third-order valence-corrected chi connectivity index (χ3v) is 10.7. The van der Waals surface area contributed by atoms with Crippen molar-refractivity contribution in [3.63, 3.8) is 0 Å². The number of hydrogen-bond donors (Lipinski definition) is 2. The van der Waals surface area contributed by atoms with Crippen molar-refractivity contribution in [2.75, 3.05) is 71.5 Å². The zero-order chi connectivity index (χ0) is 41.9. The van der Waals surface area contributed by atoms with E-state index in [0.29, 0.717) is 85.4 Å². The lowest BCUT2D eigenvalue weighted by molar-refractivity contribution is -0.0502. The Balaban J connectivity index is 0.000000344. The molecule has 4 fully saturated rings. The van der Waals surface area contributed by atoms with Crippen LogP contribution in [0.25, 0.3) is 16.9 Å². The van der Waals surface area contributed by atoms with Gasteiger partial charge >= 0.3 is 6.61 Å². The van der Waals surface area contributed by atoms with Gasteiger partial charge in [0.15, 0.2) is 5.78 Å². The summed E-state index contributed by atoms with van der Waals surface area (Å²) < 4.78 is 44.5. The summed E-state index contributed by atoms with van der Waals surface area (Å²) >= 11 is 3.09. The molecule has 0 atom stereocenters. The average Bonchev–Trinajstić information content (AvgIpc) is 3.88. The Bertz CT molecular complexity index is 1860. The molecule has 2 aromatic heterocycles. The number of aliphatic hydroxyl groups excluding tert-OH is 2. The summed E-state index contributed by atoms with van der Waals surface area (Å²) in [5.41, 5.74) is 1.84. The molecule has 2 aliphatic heterocycles. The van der Waals surface area contributed by atoms with E-state index in [2.05, 4.69) is 42.9 Å². The van der Waals surface area contributed by atoms with E-state index in [1.54, 1.807) is 18.5 Å². The molecule has 2 saturated heterocycles. The van der Waals surface area contributed by atoms with Gasteiger partial charge in [-0.15, -0.1) is 12.4 Å². The molecular formula is C42H55BrClF2N7O6. The molecule has 0 unspecified atom stereocenters. The van der Waals surface area contributed by atoms with Crippen LogP contribution in [0.3, 0.4) is 0 Å². The molecule has 4 heterocycles. The van der Waals surface area contributed by atoms with Gasteiger partial charge in [-0.1, -0.05) is 22.4 Å². The largest absolute Gasteiger partial charge is 0.496 e. The number of Topliss-reactive ketones (excluding diaryl/α,β-unsaturated/α-hetero) is 1. The first kappa shape index (κ1) is 49.3. The third-order valence-electron chi connectivity index (χ3n) is 10.3. The topological polar surface area (TPSA) is 180 Å². The van der Waals surface area contributed by atoms with Crippen molar-refractivity contribution < 1.29 is 38.0 Å². The van der Waals surface area contributed by atoms with Gasteiger partial charge < -0.3 is 34.2 Å². The molecule has 2 aliphatic carbocycles. The van der Waals surface area contributed by atoms with Gasteiger partial charge in [0.25, 0.3) is 0 Å². The lowest BCUT2D eigenvalue weighted by atomic mass is 9.86. The minimum absolute atomic E-state index is 0. The van der Waals surface area contributed by atoms with Crippen LogP contribution in [0.2, 0.25) is 0 Å². The van der Waals surface area contributed by atoms with Crippen LogP contribution in [0.15, 0.2) is 36.7 Å². The first-order valence-electron chi connectivity index (χ1n) is 19.8. The molecule has 7 rings (SSSR count). The minimum Gasteiger partial charge on any atom is -0.496 e. The highest BCUT2D eigenvalue weighted by atomic mass is 79.9. The quantitative estimate of drug-likeness (QED) is 0.103. The zero-order valence-electron chi connectivity index (χ0n) is 33.5. The number of nitriles is 3. The van der Waals surface area contributed by atoms with Crippen molar-refractivity contribution in [2.24, 2.45) is 23.7 Å². The number of halogens is 4. The van der Waals surface area contributed by atoms with Crippen LogP contribution >= 0.6 is 28.3 Å². The number of methoxy groups -OCH3 is 1. The number of alkyl halides is 3. The Morgan fingerprint density at radius 1 is 0.898 bits per heavy atom. The number of pyridine rings is 1. The van der Waals surface area contributed by atoms with Gasteiger partial charge in [0.05, 0.1) is 43.8 Å². The van der Waals surface area contributed by atoms with Crippen LogP contribution in [0.1, 0.15) is 68.1 Å². The Hall–Kier alpha value is -4.08. The minimum atomic E-state index is -3.08.